The molecule has 0 aliphatic heterocycles. The van der Waals surface area contributed by atoms with Crippen LogP contribution < -0.4 is 0 Å². The summed E-state index contributed by atoms with van der Waals surface area (Å²) in [5, 5.41) is 19.7. The first-order valence-corrected chi connectivity index (χ1v) is 9.15. The second-order valence-corrected chi connectivity index (χ2v) is 8.68. The highest BCUT2D eigenvalue weighted by Crippen LogP contribution is 2.62. The summed E-state index contributed by atoms with van der Waals surface area (Å²) in [6.07, 6.45) is 4.90. The van der Waals surface area contributed by atoms with E-state index in [0.717, 1.165) is 38.5 Å². The highest BCUT2D eigenvalue weighted by Gasteiger charge is 2.53. The molecule has 0 amide bonds. The number of rotatable bonds is 2. The van der Waals surface area contributed by atoms with Crippen molar-refractivity contribution < 1.29 is 19.0 Å². The summed E-state index contributed by atoms with van der Waals surface area (Å²) in [5.74, 6) is 0.961. The molecule has 0 aromatic heterocycles. The van der Waals surface area contributed by atoms with Crippen molar-refractivity contribution in [1.29, 1.82) is 0 Å². The maximum absolute atomic E-state index is 13.3. The fourth-order valence-electron chi connectivity index (χ4n) is 5.96. The molecule has 3 aliphatic rings. The third kappa shape index (κ3) is 2.76. The molecule has 6 atom stereocenters. The molecule has 132 valence electrons. The number of aliphatic hydroxyl groups is 2. The van der Waals surface area contributed by atoms with Crippen LogP contribution in [0.2, 0.25) is 0 Å². The number of fused-ring (bicyclic) bond motifs is 1. The third-order valence-corrected chi connectivity index (χ3v) is 7.80. The number of hydrogen-bond donors (Lipinski definition) is 2. The van der Waals surface area contributed by atoms with E-state index in [1.54, 1.807) is 0 Å². The Morgan fingerprint density at radius 3 is 2.48 bits per heavy atom. The molecule has 2 unspecified atom stereocenters. The summed E-state index contributed by atoms with van der Waals surface area (Å²) in [7, 11) is 0. The van der Waals surface area contributed by atoms with Gasteiger partial charge in [0.05, 0.1) is 6.10 Å². The summed E-state index contributed by atoms with van der Waals surface area (Å²) in [4.78, 5) is 0. The van der Waals surface area contributed by atoms with Gasteiger partial charge in [-0.25, -0.2) is 0 Å². The zero-order chi connectivity index (χ0) is 16.8. The first-order valence-electron chi connectivity index (χ1n) is 9.15. The lowest BCUT2D eigenvalue weighted by atomic mass is 9.53. The van der Waals surface area contributed by atoms with E-state index >= 15 is 0 Å². The lowest BCUT2D eigenvalue weighted by molar-refractivity contribution is -0.0664. The molecular weight excluding hydrogens is 298 g/mol. The normalized spacial score (nSPS) is 47.5. The summed E-state index contributed by atoms with van der Waals surface area (Å²) < 4.78 is 26.5. The lowest BCUT2D eigenvalue weighted by Gasteiger charge is -2.52. The fourth-order valence-corrected chi connectivity index (χ4v) is 5.96. The van der Waals surface area contributed by atoms with Crippen LogP contribution in [0.15, 0.2) is 11.7 Å². The number of allylic oxidation sites excluding steroid dienone is 1. The standard InChI is InChI=1S/C19H30F2O2/c1-18(8-6-15(23)10-14(18)11-22)13-5-7-19(2)12(9-13)3-4-16(19)17(20)21/h12-15,22-23H,3-11H2,1-2H3/t12?,13?,14-,15+,18-,19+/m1/s1. The minimum Gasteiger partial charge on any atom is -0.396 e. The van der Waals surface area contributed by atoms with Crippen molar-refractivity contribution in [2.45, 2.75) is 71.3 Å². The Balaban J connectivity index is 1.79. The fraction of sp³-hybridized carbons (Fsp3) is 0.895. The zero-order valence-electron chi connectivity index (χ0n) is 14.3. The van der Waals surface area contributed by atoms with Crippen LogP contribution in [0.1, 0.15) is 65.2 Å². The maximum Gasteiger partial charge on any atom is 0.270 e. The Labute approximate surface area is 138 Å². The van der Waals surface area contributed by atoms with E-state index in [9.17, 15) is 19.0 Å². The van der Waals surface area contributed by atoms with E-state index in [1.807, 2.05) is 6.92 Å². The minimum absolute atomic E-state index is 0.0377. The monoisotopic (exact) mass is 328 g/mol. The zero-order valence-corrected chi connectivity index (χ0v) is 14.3. The van der Waals surface area contributed by atoms with Crippen molar-refractivity contribution in [3.8, 4) is 0 Å². The van der Waals surface area contributed by atoms with Gasteiger partial charge in [0, 0.05) is 12.2 Å². The largest absolute Gasteiger partial charge is 0.396 e. The Bertz CT molecular complexity index is 488. The molecule has 0 saturated heterocycles. The first kappa shape index (κ1) is 17.3. The average molecular weight is 328 g/mol. The Morgan fingerprint density at radius 2 is 1.83 bits per heavy atom. The van der Waals surface area contributed by atoms with E-state index in [-0.39, 0.29) is 29.5 Å². The topological polar surface area (TPSA) is 40.5 Å². The van der Waals surface area contributed by atoms with Crippen molar-refractivity contribution in [2.75, 3.05) is 6.61 Å². The molecule has 3 aliphatic carbocycles. The van der Waals surface area contributed by atoms with Gasteiger partial charge >= 0.3 is 0 Å². The van der Waals surface area contributed by atoms with Crippen molar-refractivity contribution in [3.05, 3.63) is 11.7 Å². The molecule has 23 heavy (non-hydrogen) atoms. The van der Waals surface area contributed by atoms with Gasteiger partial charge in [-0.15, -0.1) is 0 Å². The van der Waals surface area contributed by atoms with Crippen molar-refractivity contribution >= 4 is 0 Å². The predicted molar refractivity (Wildman–Crippen MR) is 86.0 cm³/mol. The second kappa shape index (κ2) is 6.11. The quantitative estimate of drug-likeness (QED) is 0.783. The molecule has 0 spiro atoms. The summed E-state index contributed by atoms with van der Waals surface area (Å²) in [6.45, 7) is 4.41. The Kier molecular flexibility index (Phi) is 4.61. The Hall–Kier alpha value is -0.480. The molecule has 0 aromatic carbocycles. The van der Waals surface area contributed by atoms with Gasteiger partial charge in [0.2, 0.25) is 0 Å². The van der Waals surface area contributed by atoms with E-state index in [0.29, 0.717) is 30.3 Å². The molecule has 3 fully saturated rings. The van der Waals surface area contributed by atoms with Gasteiger partial charge in [0.25, 0.3) is 6.08 Å². The summed E-state index contributed by atoms with van der Waals surface area (Å²) >= 11 is 0. The van der Waals surface area contributed by atoms with Gasteiger partial charge in [0.15, 0.2) is 0 Å². The average Bonchev–Trinajstić information content (AvgIpc) is 2.86. The predicted octanol–water partition coefficient (Wildman–Crippen LogP) is 4.51. The number of aliphatic hydroxyl groups excluding tert-OH is 2. The Morgan fingerprint density at radius 1 is 1.09 bits per heavy atom. The van der Waals surface area contributed by atoms with E-state index in [4.69, 9.17) is 0 Å². The van der Waals surface area contributed by atoms with Gasteiger partial charge in [0.1, 0.15) is 0 Å². The van der Waals surface area contributed by atoms with Gasteiger partial charge in [-0.1, -0.05) is 13.8 Å². The van der Waals surface area contributed by atoms with Gasteiger partial charge in [-0.3, -0.25) is 0 Å². The second-order valence-electron chi connectivity index (χ2n) is 8.68. The molecule has 3 saturated carbocycles. The minimum atomic E-state index is -1.45. The third-order valence-electron chi connectivity index (χ3n) is 7.80. The summed E-state index contributed by atoms with van der Waals surface area (Å²) in [5.41, 5.74) is 0.133. The van der Waals surface area contributed by atoms with Crippen LogP contribution in [-0.2, 0) is 0 Å². The van der Waals surface area contributed by atoms with Crippen molar-refractivity contribution in [3.63, 3.8) is 0 Å². The summed E-state index contributed by atoms with van der Waals surface area (Å²) in [6, 6.07) is 0. The number of halogens is 2. The van der Waals surface area contributed by atoms with Crippen LogP contribution >= 0.6 is 0 Å². The molecule has 4 heteroatoms. The number of hydrogen-bond acceptors (Lipinski definition) is 2. The molecular formula is C19H30F2O2. The van der Waals surface area contributed by atoms with Crippen LogP contribution in [0.25, 0.3) is 0 Å². The lowest BCUT2D eigenvalue weighted by Crippen LogP contribution is -2.46. The maximum atomic E-state index is 13.3. The molecule has 2 nitrogen and oxygen atoms in total. The van der Waals surface area contributed by atoms with E-state index in [2.05, 4.69) is 6.92 Å². The van der Waals surface area contributed by atoms with Crippen LogP contribution in [0.5, 0.6) is 0 Å². The smallest absolute Gasteiger partial charge is 0.270 e. The SMILES string of the molecule is C[C@]12CCC([C@@]3(C)CC[C@H](O)C[C@@H]3CO)CC1CCC2=C(F)F. The van der Waals surface area contributed by atoms with Crippen LogP contribution in [0.3, 0.4) is 0 Å². The molecule has 0 radical (unpaired) electrons. The molecule has 2 N–H and O–H groups in total. The van der Waals surface area contributed by atoms with Crippen LogP contribution in [-0.4, -0.2) is 22.9 Å². The van der Waals surface area contributed by atoms with Gasteiger partial charge < -0.3 is 10.2 Å². The van der Waals surface area contributed by atoms with Crippen LogP contribution in [0.4, 0.5) is 8.78 Å². The van der Waals surface area contributed by atoms with Gasteiger partial charge in [-0.05, 0) is 80.0 Å². The van der Waals surface area contributed by atoms with E-state index < -0.39 is 6.08 Å². The van der Waals surface area contributed by atoms with Gasteiger partial charge in [-0.2, -0.15) is 8.78 Å². The molecule has 0 heterocycles. The first-order chi connectivity index (χ1) is 10.8. The highest BCUT2D eigenvalue weighted by molar-refractivity contribution is 5.22. The molecule has 0 aromatic rings. The van der Waals surface area contributed by atoms with Crippen molar-refractivity contribution in [2.24, 2.45) is 28.6 Å². The molecule has 0 bridgehead atoms. The highest BCUT2D eigenvalue weighted by atomic mass is 19.3. The van der Waals surface area contributed by atoms with Crippen molar-refractivity contribution in [1.82, 2.24) is 0 Å². The van der Waals surface area contributed by atoms with E-state index in [1.165, 1.54) is 0 Å². The van der Waals surface area contributed by atoms with Crippen LogP contribution in [0, 0.1) is 28.6 Å². The molecule has 3 rings (SSSR count).